The Morgan fingerprint density at radius 2 is 1.89 bits per heavy atom. The second-order valence-corrected chi connectivity index (χ2v) is 5.58. The van der Waals surface area contributed by atoms with Gasteiger partial charge in [-0.05, 0) is 17.7 Å². The summed E-state index contributed by atoms with van der Waals surface area (Å²) in [6.07, 6.45) is 1.36. The van der Waals surface area contributed by atoms with Gasteiger partial charge < -0.3 is 9.47 Å². The maximum absolute atomic E-state index is 11.8. The number of carbonyl (C=O) groups excluding carboxylic acids is 1. The molecule has 146 valence electrons. The summed E-state index contributed by atoms with van der Waals surface area (Å²) in [5.74, 6) is -1.37. The first-order valence-electron chi connectivity index (χ1n) is 7.53. The highest BCUT2D eigenvalue weighted by molar-refractivity contribution is 6.30. The molecule has 0 aliphatic rings. The number of carbonyl (C=O) groups is 1. The summed E-state index contributed by atoms with van der Waals surface area (Å²) in [6, 6.07) is 8.33. The van der Waals surface area contributed by atoms with Crippen LogP contribution in [0.5, 0.6) is 11.5 Å². The topological polar surface area (TPSA) is 146 Å². The Kier molecular flexibility index (Phi) is 6.82. The number of benzene rings is 2. The molecule has 0 saturated carbocycles. The minimum Gasteiger partial charge on any atom is -0.492 e. The highest BCUT2D eigenvalue weighted by Gasteiger charge is 2.27. The monoisotopic (exact) mass is 408 g/mol. The van der Waals surface area contributed by atoms with Gasteiger partial charge in [0.05, 0.1) is 35.3 Å². The van der Waals surface area contributed by atoms with Crippen molar-refractivity contribution in [3.8, 4) is 11.5 Å². The molecule has 0 radical (unpaired) electrons. The van der Waals surface area contributed by atoms with Crippen molar-refractivity contribution < 1.29 is 24.1 Å². The predicted molar refractivity (Wildman–Crippen MR) is 99.0 cm³/mol. The molecular weight excluding hydrogens is 396 g/mol. The average Bonchev–Trinajstić information content (AvgIpc) is 2.67. The molecule has 12 heteroatoms. The van der Waals surface area contributed by atoms with Crippen LogP contribution < -0.4 is 14.9 Å². The van der Waals surface area contributed by atoms with Crippen molar-refractivity contribution in [1.82, 2.24) is 5.43 Å². The average molecular weight is 409 g/mol. The third-order valence-corrected chi connectivity index (χ3v) is 3.52. The number of amides is 1. The van der Waals surface area contributed by atoms with Crippen LogP contribution in [0.4, 0.5) is 11.4 Å². The van der Waals surface area contributed by atoms with E-state index in [4.69, 9.17) is 21.1 Å². The van der Waals surface area contributed by atoms with Crippen molar-refractivity contribution in [1.29, 1.82) is 0 Å². The lowest BCUT2D eigenvalue weighted by molar-refractivity contribution is -0.394. The van der Waals surface area contributed by atoms with E-state index in [0.29, 0.717) is 16.7 Å². The molecule has 0 heterocycles. The van der Waals surface area contributed by atoms with Crippen LogP contribution in [0.15, 0.2) is 41.5 Å². The maximum atomic E-state index is 11.8. The number of methoxy groups -OCH3 is 1. The number of ether oxygens (including phenoxy) is 2. The first-order valence-corrected chi connectivity index (χ1v) is 7.90. The van der Waals surface area contributed by atoms with Gasteiger partial charge in [0, 0.05) is 5.02 Å². The summed E-state index contributed by atoms with van der Waals surface area (Å²) < 4.78 is 10.0. The van der Waals surface area contributed by atoms with Gasteiger partial charge in [0.1, 0.15) is 0 Å². The van der Waals surface area contributed by atoms with E-state index in [1.807, 2.05) is 0 Å². The lowest BCUT2D eigenvalue weighted by atomic mass is 10.2. The van der Waals surface area contributed by atoms with Crippen molar-refractivity contribution >= 4 is 35.1 Å². The Labute approximate surface area is 162 Å². The van der Waals surface area contributed by atoms with Crippen LogP contribution in [0.25, 0.3) is 0 Å². The van der Waals surface area contributed by atoms with E-state index in [0.717, 1.165) is 13.2 Å². The summed E-state index contributed by atoms with van der Waals surface area (Å²) in [7, 11) is 1.16. The Balaban J connectivity index is 2.08. The van der Waals surface area contributed by atoms with Crippen molar-refractivity contribution in [2.24, 2.45) is 5.10 Å². The number of nitrogens with one attached hydrogen (secondary N) is 1. The molecular formula is C16H13ClN4O7. The van der Waals surface area contributed by atoms with Gasteiger partial charge in [-0.25, -0.2) is 5.43 Å². The van der Waals surface area contributed by atoms with Gasteiger partial charge in [-0.15, -0.1) is 0 Å². The molecule has 0 atom stereocenters. The number of hydrogen-bond donors (Lipinski definition) is 1. The first-order chi connectivity index (χ1) is 13.3. The number of hydrogen-bond acceptors (Lipinski definition) is 8. The van der Waals surface area contributed by atoms with Gasteiger partial charge in [0.15, 0.2) is 12.4 Å². The van der Waals surface area contributed by atoms with E-state index in [1.165, 1.54) is 6.21 Å². The number of non-ortho nitro benzene ring substituents is 1. The zero-order valence-electron chi connectivity index (χ0n) is 14.3. The molecule has 2 aromatic rings. The molecule has 0 bridgehead atoms. The molecule has 0 saturated heterocycles. The molecule has 0 aliphatic carbocycles. The van der Waals surface area contributed by atoms with E-state index in [1.54, 1.807) is 24.3 Å². The molecule has 0 aromatic heterocycles. The summed E-state index contributed by atoms with van der Waals surface area (Å²) in [6.45, 7) is -0.632. The molecule has 0 unspecified atom stereocenters. The molecule has 2 rings (SSSR count). The molecule has 11 nitrogen and oxygen atoms in total. The largest absolute Gasteiger partial charge is 0.492 e. The fourth-order valence-electron chi connectivity index (χ4n) is 2.01. The fraction of sp³-hybridized carbons (Fsp3) is 0.125. The summed E-state index contributed by atoms with van der Waals surface area (Å²) in [5.41, 5.74) is 1.61. The highest BCUT2D eigenvalue weighted by atomic mass is 35.5. The molecule has 0 fully saturated rings. The van der Waals surface area contributed by atoms with Crippen LogP contribution in [-0.4, -0.2) is 35.7 Å². The van der Waals surface area contributed by atoms with Gasteiger partial charge in [0.25, 0.3) is 11.6 Å². The van der Waals surface area contributed by atoms with Crippen LogP contribution in [0, 0.1) is 20.2 Å². The lowest BCUT2D eigenvalue weighted by Crippen LogP contribution is -2.25. The minimum atomic E-state index is -0.874. The molecule has 1 N–H and O–H groups in total. The second-order valence-electron chi connectivity index (χ2n) is 5.14. The Morgan fingerprint density at radius 1 is 1.21 bits per heavy atom. The van der Waals surface area contributed by atoms with E-state index in [9.17, 15) is 25.0 Å². The number of hydrazone groups is 1. The fourth-order valence-corrected chi connectivity index (χ4v) is 2.13. The Bertz CT molecular complexity index is 931. The van der Waals surface area contributed by atoms with Gasteiger partial charge >= 0.3 is 5.69 Å². The molecule has 0 spiro atoms. The molecule has 2 aromatic carbocycles. The quantitative estimate of drug-likeness (QED) is 0.401. The Morgan fingerprint density at radius 3 is 2.46 bits per heavy atom. The normalized spacial score (nSPS) is 10.5. The third kappa shape index (κ3) is 5.38. The molecule has 0 aliphatic heterocycles. The van der Waals surface area contributed by atoms with Crippen LogP contribution in [0.2, 0.25) is 5.02 Å². The summed E-state index contributed by atoms with van der Waals surface area (Å²) in [5, 5.41) is 26.3. The summed E-state index contributed by atoms with van der Waals surface area (Å²) >= 11 is 5.76. The van der Waals surface area contributed by atoms with E-state index >= 15 is 0 Å². The van der Waals surface area contributed by atoms with Crippen LogP contribution in [0.3, 0.4) is 0 Å². The number of nitro benzene ring substituents is 2. The molecule has 1 amide bonds. The van der Waals surface area contributed by atoms with Crippen molar-refractivity contribution in [3.63, 3.8) is 0 Å². The van der Waals surface area contributed by atoms with E-state index < -0.39 is 39.5 Å². The van der Waals surface area contributed by atoms with Gasteiger partial charge in [-0.3, -0.25) is 25.0 Å². The van der Waals surface area contributed by atoms with E-state index in [2.05, 4.69) is 10.5 Å². The van der Waals surface area contributed by atoms with Gasteiger partial charge in [-0.1, -0.05) is 23.7 Å². The van der Waals surface area contributed by atoms with E-state index in [-0.39, 0.29) is 5.75 Å². The smallest absolute Gasteiger partial charge is 0.321 e. The number of halogens is 1. The van der Waals surface area contributed by atoms with Gasteiger partial charge in [-0.2, -0.15) is 5.10 Å². The number of nitrogens with zero attached hydrogens (tertiary/aromatic N) is 3. The number of rotatable bonds is 8. The summed E-state index contributed by atoms with van der Waals surface area (Å²) in [4.78, 5) is 32.2. The Hall–Kier alpha value is -3.73. The van der Waals surface area contributed by atoms with Crippen molar-refractivity contribution in [2.45, 2.75) is 0 Å². The first kappa shape index (κ1) is 20.6. The SMILES string of the molecule is COc1cc([N+](=O)[O-])cc([N+](=O)[O-])c1OCC(=O)N/N=C\c1ccc(Cl)cc1. The van der Waals surface area contributed by atoms with Crippen molar-refractivity contribution in [2.75, 3.05) is 13.7 Å². The van der Waals surface area contributed by atoms with Crippen LogP contribution in [-0.2, 0) is 4.79 Å². The predicted octanol–water partition coefficient (Wildman–Crippen LogP) is 2.69. The van der Waals surface area contributed by atoms with Crippen molar-refractivity contribution in [3.05, 3.63) is 67.2 Å². The van der Waals surface area contributed by atoms with Crippen LogP contribution in [0.1, 0.15) is 5.56 Å². The third-order valence-electron chi connectivity index (χ3n) is 3.27. The minimum absolute atomic E-state index is 0.252. The molecule has 28 heavy (non-hydrogen) atoms. The van der Waals surface area contributed by atoms with Gasteiger partial charge in [0.2, 0.25) is 5.75 Å². The standard InChI is InChI=1S/C16H13ClN4O7/c1-27-14-7-12(20(23)24)6-13(21(25)26)16(14)28-9-15(22)19-18-8-10-2-4-11(17)5-3-10/h2-8H,9H2,1H3,(H,19,22)/b18-8-. The second kappa shape index (κ2) is 9.28. The zero-order chi connectivity index (χ0) is 20.7. The maximum Gasteiger partial charge on any atom is 0.321 e. The zero-order valence-corrected chi connectivity index (χ0v) is 15.1. The number of nitro groups is 2. The highest BCUT2D eigenvalue weighted by Crippen LogP contribution is 2.40. The van der Waals surface area contributed by atoms with Crippen LogP contribution >= 0.6 is 11.6 Å². The lowest BCUT2D eigenvalue weighted by Gasteiger charge is -2.10.